The van der Waals surface area contributed by atoms with Crippen molar-refractivity contribution in [1.29, 1.82) is 0 Å². The first kappa shape index (κ1) is 16.8. The molecule has 0 saturated carbocycles. The molecule has 0 bridgehead atoms. The highest BCUT2D eigenvalue weighted by atomic mass is 79.9. The molecule has 2 heterocycles. The van der Waals surface area contributed by atoms with Crippen LogP contribution in [0, 0.1) is 0 Å². The lowest BCUT2D eigenvalue weighted by atomic mass is 9.95. The Hall–Kier alpha value is -2.67. The standard InChI is InChI=1S/C19H17BrN4O2/c1-25-14-7-8-18(26-2)15(9-14)17-10-16(12-3-5-13(20)6-4-12)23-19-21-11-22-24(17)19/h3-9,11,17H,10H2,1-2H3. The van der Waals surface area contributed by atoms with Gasteiger partial charge in [0.15, 0.2) is 0 Å². The van der Waals surface area contributed by atoms with Crippen LogP contribution in [0.3, 0.4) is 0 Å². The minimum Gasteiger partial charge on any atom is -0.497 e. The van der Waals surface area contributed by atoms with Crippen LogP contribution in [0.2, 0.25) is 0 Å². The molecule has 4 rings (SSSR count). The van der Waals surface area contributed by atoms with Gasteiger partial charge in [0, 0.05) is 16.5 Å². The Morgan fingerprint density at radius 1 is 1.08 bits per heavy atom. The van der Waals surface area contributed by atoms with Gasteiger partial charge in [0.05, 0.1) is 26.0 Å². The second kappa shape index (κ2) is 6.92. The summed E-state index contributed by atoms with van der Waals surface area (Å²) in [4.78, 5) is 9.00. The predicted octanol–water partition coefficient (Wildman–Crippen LogP) is 4.17. The first-order valence-electron chi connectivity index (χ1n) is 8.14. The van der Waals surface area contributed by atoms with E-state index in [0.29, 0.717) is 12.4 Å². The Morgan fingerprint density at radius 2 is 1.88 bits per heavy atom. The quantitative estimate of drug-likeness (QED) is 0.644. The Bertz CT molecular complexity index is 966. The number of aromatic nitrogens is 3. The van der Waals surface area contributed by atoms with Gasteiger partial charge >= 0.3 is 0 Å². The van der Waals surface area contributed by atoms with E-state index in [2.05, 4.69) is 38.1 Å². The third-order valence-electron chi connectivity index (χ3n) is 4.44. The van der Waals surface area contributed by atoms with Gasteiger partial charge in [-0.25, -0.2) is 9.67 Å². The zero-order valence-electron chi connectivity index (χ0n) is 14.4. The number of hydrogen-bond acceptors (Lipinski definition) is 5. The predicted molar refractivity (Wildman–Crippen MR) is 103 cm³/mol. The molecule has 1 aliphatic rings. The molecule has 26 heavy (non-hydrogen) atoms. The largest absolute Gasteiger partial charge is 0.497 e. The summed E-state index contributed by atoms with van der Waals surface area (Å²) in [6.45, 7) is 0. The molecule has 1 aliphatic heterocycles. The first-order valence-corrected chi connectivity index (χ1v) is 8.94. The van der Waals surface area contributed by atoms with Crippen molar-refractivity contribution in [2.24, 2.45) is 4.99 Å². The minimum atomic E-state index is -0.0753. The maximum atomic E-state index is 5.58. The molecule has 132 valence electrons. The highest BCUT2D eigenvalue weighted by molar-refractivity contribution is 9.10. The first-order chi connectivity index (χ1) is 12.7. The van der Waals surface area contributed by atoms with Crippen LogP contribution in [0.5, 0.6) is 11.5 Å². The van der Waals surface area contributed by atoms with E-state index in [4.69, 9.17) is 14.5 Å². The van der Waals surface area contributed by atoms with E-state index in [1.54, 1.807) is 14.2 Å². The van der Waals surface area contributed by atoms with Gasteiger partial charge in [-0.05, 0) is 35.9 Å². The highest BCUT2D eigenvalue weighted by Gasteiger charge is 2.28. The molecule has 0 aliphatic carbocycles. The lowest BCUT2D eigenvalue weighted by Gasteiger charge is -2.25. The number of rotatable bonds is 4. The van der Waals surface area contributed by atoms with E-state index >= 15 is 0 Å². The Morgan fingerprint density at radius 3 is 2.62 bits per heavy atom. The number of aliphatic imine (C=N–C) groups is 1. The van der Waals surface area contributed by atoms with Crippen LogP contribution < -0.4 is 9.47 Å². The zero-order valence-corrected chi connectivity index (χ0v) is 16.0. The summed E-state index contributed by atoms with van der Waals surface area (Å²) in [5.41, 5.74) is 3.02. The van der Waals surface area contributed by atoms with Gasteiger partial charge in [-0.15, -0.1) is 0 Å². The molecule has 0 amide bonds. The molecule has 0 radical (unpaired) electrons. The number of ether oxygens (including phenoxy) is 2. The average Bonchev–Trinajstić information content (AvgIpc) is 3.16. The number of nitrogens with zero attached hydrogens (tertiary/aromatic N) is 4. The van der Waals surface area contributed by atoms with Crippen LogP contribution in [0.25, 0.3) is 0 Å². The molecule has 2 aromatic carbocycles. The molecule has 1 unspecified atom stereocenters. The molecular formula is C19H17BrN4O2. The highest BCUT2D eigenvalue weighted by Crippen LogP contribution is 2.38. The van der Waals surface area contributed by atoms with Crippen molar-refractivity contribution in [2.45, 2.75) is 12.5 Å². The third-order valence-corrected chi connectivity index (χ3v) is 4.97. The summed E-state index contributed by atoms with van der Waals surface area (Å²) in [5, 5.41) is 4.38. The molecule has 3 aromatic rings. The van der Waals surface area contributed by atoms with Gasteiger partial charge in [-0.2, -0.15) is 10.1 Å². The summed E-state index contributed by atoms with van der Waals surface area (Å²) in [6, 6.07) is 13.8. The molecule has 0 fully saturated rings. The summed E-state index contributed by atoms with van der Waals surface area (Å²) >= 11 is 3.48. The second-order valence-electron chi connectivity index (χ2n) is 5.90. The topological polar surface area (TPSA) is 61.5 Å². The van der Waals surface area contributed by atoms with Crippen LogP contribution in [-0.2, 0) is 0 Å². The van der Waals surface area contributed by atoms with Crippen LogP contribution >= 0.6 is 15.9 Å². The molecule has 7 heteroatoms. The van der Waals surface area contributed by atoms with E-state index in [9.17, 15) is 0 Å². The van der Waals surface area contributed by atoms with E-state index in [0.717, 1.165) is 32.8 Å². The lowest BCUT2D eigenvalue weighted by molar-refractivity contribution is 0.388. The van der Waals surface area contributed by atoms with E-state index < -0.39 is 0 Å². The van der Waals surface area contributed by atoms with E-state index in [-0.39, 0.29) is 6.04 Å². The van der Waals surface area contributed by atoms with Crippen LogP contribution in [-0.4, -0.2) is 34.7 Å². The maximum absolute atomic E-state index is 5.58. The molecule has 0 spiro atoms. The van der Waals surface area contributed by atoms with E-state index in [1.165, 1.54) is 6.33 Å². The third kappa shape index (κ3) is 2.99. The van der Waals surface area contributed by atoms with Gasteiger partial charge in [-0.3, -0.25) is 0 Å². The fraction of sp³-hybridized carbons (Fsp3) is 0.211. The monoisotopic (exact) mass is 412 g/mol. The van der Waals surface area contributed by atoms with Crippen molar-refractivity contribution in [1.82, 2.24) is 14.8 Å². The van der Waals surface area contributed by atoms with Crippen LogP contribution in [0.4, 0.5) is 5.95 Å². The normalized spacial score (nSPS) is 16.0. The van der Waals surface area contributed by atoms with Crippen molar-refractivity contribution in [3.8, 4) is 11.5 Å². The number of fused-ring (bicyclic) bond motifs is 1. The molecule has 0 N–H and O–H groups in total. The SMILES string of the molecule is COc1ccc(OC)c(C2CC(c3ccc(Br)cc3)=Nc3ncnn32)c1. The van der Waals surface area contributed by atoms with Crippen molar-refractivity contribution in [3.63, 3.8) is 0 Å². The van der Waals surface area contributed by atoms with Gasteiger partial charge in [-0.1, -0.05) is 28.1 Å². The summed E-state index contributed by atoms with van der Waals surface area (Å²) in [5.74, 6) is 2.15. The molecular weight excluding hydrogens is 396 g/mol. The van der Waals surface area contributed by atoms with Crippen molar-refractivity contribution in [2.75, 3.05) is 14.2 Å². The lowest BCUT2D eigenvalue weighted by Crippen LogP contribution is -2.21. The maximum Gasteiger partial charge on any atom is 0.248 e. The number of methoxy groups -OCH3 is 2. The summed E-state index contributed by atoms with van der Waals surface area (Å²) in [7, 11) is 3.32. The van der Waals surface area contributed by atoms with E-state index in [1.807, 2.05) is 35.0 Å². The molecule has 1 aromatic heterocycles. The fourth-order valence-corrected chi connectivity index (χ4v) is 3.41. The Balaban J connectivity index is 1.81. The molecule has 6 nitrogen and oxygen atoms in total. The number of benzene rings is 2. The second-order valence-corrected chi connectivity index (χ2v) is 6.81. The van der Waals surface area contributed by atoms with Crippen molar-refractivity contribution >= 4 is 27.6 Å². The molecule has 1 atom stereocenters. The zero-order chi connectivity index (χ0) is 18.1. The van der Waals surface area contributed by atoms with Gasteiger partial charge in [0.25, 0.3) is 0 Å². The van der Waals surface area contributed by atoms with Gasteiger partial charge in [0.2, 0.25) is 5.95 Å². The van der Waals surface area contributed by atoms with Crippen LogP contribution in [0.1, 0.15) is 23.6 Å². The number of hydrogen-bond donors (Lipinski definition) is 0. The number of halogens is 1. The smallest absolute Gasteiger partial charge is 0.248 e. The van der Waals surface area contributed by atoms with Crippen molar-refractivity contribution in [3.05, 3.63) is 64.4 Å². The Kier molecular flexibility index (Phi) is 4.46. The summed E-state index contributed by atoms with van der Waals surface area (Å²) < 4.78 is 13.9. The summed E-state index contributed by atoms with van der Waals surface area (Å²) in [6.07, 6.45) is 2.21. The van der Waals surface area contributed by atoms with Crippen LogP contribution in [0.15, 0.2) is 58.3 Å². The van der Waals surface area contributed by atoms with Gasteiger partial charge < -0.3 is 9.47 Å². The van der Waals surface area contributed by atoms with Crippen molar-refractivity contribution < 1.29 is 9.47 Å². The molecule has 0 saturated heterocycles. The van der Waals surface area contributed by atoms with Gasteiger partial charge in [0.1, 0.15) is 17.8 Å². The average molecular weight is 413 g/mol. The minimum absolute atomic E-state index is 0.0753. The fourth-order valence-electron chi connectivity index (χ4n) is 3.15. The Labute approximate surface area is 159 Å².